The van der Waals surface area contributed by atoms with Crippen LogP contribution in [0.2, 0.25) is 0 Å². The molecule has 4 rings (SSSR count). The monoisotopic (exact) mass is 386 g/mol. The van der Waals surface area contributed by atoms with Gasteiger partial charge in [0, 0.05) is 50.3 Å². The molecule has 1 fully saturated rings. The quantitative estimate of drug-likeness (QED) is 0.727. The van der Waals surface area contributed by atoms with E-state index in [4.69, 9.17) is 0 Å². The standard InChI is InChI=1S/C24H26N4O/c1-19-6-5-7-20(16-19)18-26-24(29)23-17-22(10-11-25-23)28-14-12-27(13-15-28)21-8-3-2-4-9-21/h2-11,16-17H,12-15,18H2,1H3,(H,26,29). The number of nitrogens with zero attached hydrogens (tertiary/aromatic N) is 3. The molecule has 1 aliphatic heterocycles. The molecule has 148 valence electrons. The molecule has 1 amide bonds. The smallest absolute Gasteiger partial charge is 0.270 e. The van der Waals surface area contributed by atoms with Gasteiger partial charge < -0.3 is 15.1 Å². The third-order valence-electron chi connectivity index (χ3n) is 5.28. The van der Waals surface area contributed by atoms with Crippen molar-refractivity contribution in [3.8, 4) is 0 Å². The SMILES string of the molecule is Cc1cccc(CNC(=O)c2cc(N3CCN(c4ccccc4)CC3)ccn2)c1. The molecule has 5 nitrogen and oxygen atoms in total. The third kappa shape index (κ3) is 4.74. The summed E-state index contributed by atoms with van der Waals surface area (Å²) in [6, 6.07) is 22.5. The average molecular weight is 386 g/mol. The number of benzene rings is 2. The van der Waals surface area contributed by atoms with Crippen LogP contribution in [-0.2, 0) is 6.54 Å². The number of amides is 1. The number of anilines is 2. The molecular formula is C24H26N4O. The maximum absolute atomic E-state index is 12.6. The Morgan fingerprint density at radius 2 is 1.62 bits per heavy atom. The van der Waals surface area contributed by atoms with E-state index in [9.17, 15) is 4.79 Å². The highest BCUT2D eigenvalue weighted by Crippen LogP contribution is 2.20. The summed E-state index contributed by atoms with van der Waals surface area (Å²) < 4.78 is 0. The van der Waals surface area contributed by atoms with E-state index in [0.29, 0.717) is 12.2 Å². The molecule has 1 aliphatic rings. The molecular weight excluding hydrogens is 360 g/mol. The number of hydrogen-bond acceptors (Lipinski definition) is 4. The molecule has 0 atom stereocenters. The summed E-state index contributed by atoms with van der Waals surface area (Å²) in [5, 5.41) is 2.97. The molecule has 2 aromatic carbocycles. The highest BCUT2D eigenvalue weighted by molar-refractivity contribution is 5.93. The van der Waals surface area contributed by atoms with Crippen LogP contribution in [0.1, 0.15) is 21.6 Å². The Morgan fingerprint density at radius 1 is 0.897 bits per heavy atom. The van der Waals surface area contributed by atoms with Crippen molar-refractivity contribution in [1.82, 2.24) is 10.3 Å². The summed E-state index contributed by atoms with van der Waals surface area (Å²) >= 11 is 0. The van der Waals surface area contributed by atoms with Crippen LogP contribution in [0.4, 0.5) is 11.4 Å². The summed E-state index contributed by atoms with van der Waals surface area (Å²) in [6.45, 7) is 6.31. The predicted octanol–water partition coefficient (Wildman–Crippen LogP) is 3.65. The Balaban J connectivity index is 1.37. The second kappa shape index (κ2) is 8.78. The zero-order valence-corrected chi connectivity index (χ0v) is 16.7. The lowest BCUT2D eigenvalue weighted by atomic mass is 10.1. The number of carbonyl (C=O) groups excluding carboxylic acids is 1. The normalized spacial score (nSPS) is 14.0. The van der Waals surface area contributed by atoms with Crippen molar-refractivity contribution in [3.05, 3.63) is 89.7 Å². The number of aromatic nitrogens is 1. The van der Waals surface area contributed by atoms with Gasteiger partial charge in [-0.25, -0.2) is 0 Å². The first-order valence-electron chi connectivity index (χ1n) is 10.0. The number of hydrogen-bond donors (Lipinski definition) is 1. The van der Waals surface area contributed by atoms with Crippen molar-refractivity contribution < 1.29 is 4.79 Å². The number of nitrogens with one attached hydrogen (secondary N) is 1. The molecule has 1 N–H and O–H groups in total. The van der Waals surface area contributed by atoms with E-state index in [1.54, 1.807) is 6.20 Å². The fourth-order valence-corrected chi connectivity index (χ4v) is 3.70. The highest BCUT2D eigenvalue weighted by atomic mass is 16.1. The van der Waals surface area contributed by atoms with E-state index in [0.717, 1.165) is 37.4 Å². The van der Waals surface area contributed by atoms with Gasteiger partial charge in [0.1, 0.15) is 5.69 Å². The zero-order valence-electron chi connectivity index (χ0n) is 16.7. The molecule has 0 saturated carbocycles. The van der Waals surface area contributed by atoms with Crippen molar-refractivity contribution in [2.24, 2.45) is 0 Å². The van der Waals surface area contributed by atoms with Crippen molar-refractivity contribution in [2.45, 2.75) is 13.5 Å². The molecule has 1 saturated heterocycles. The van der Waals surface area contributed by atoms with E-state index in [1.165, 1.54) is 11.3 Å². The van der Waals surface area contributed by atoms with Gasteiger partial charge >= 0.3 is 0 Å². The third-order valence-corrected chi connectivity index (χ3v) is 5.28. The Bertz CT molecular complexity index is 965. The Labute approximate surface area is 172 Å². The molecule has 0 unspecified atom stereocenters. The molecule has 0 spiro atoms. The first-order chi connectivity index (χ1) is 14.2. The summed E-state index contributed by atoms with van der Waals surface area (Å²) in [5.41, 5.74) is 5.05. The van der Waals surface area contributed by atoms with Crippen LogP contribution < -0.4 is 15.1 Å². The lowest BCUT2D eigenvalue weighted by Gasteiger charge is -2.37. The van der Waals surface area contributed by atoms with Crippen molar-refractivity contribution in [2.75, 3.05) is 36.0 Å². The van der Waals surface area contributed by atoms with Gasteiger partial charge in [-0.2, -0.15) is 0 Å². The van der Waals surface area contributed by atoms with Crippen molar-refractivity contribution in [1.29, 1.82) is 0 Å². The Morgan fingerprint density at radius 3 is 2.34 bits per heavy atom. The van der Waals surface area contributed by atoms with Gasteiger partial charge in [0.2, 0.25) is 0 Å². The summed E-state index contributed by atoms with van der Waals surface area (Å²) in [4.78, 5) is 21.6. The number of piperazine rings is 1. The number of aryl methyl sites for hydroxylation is 1. The van der Waals surface area contributed by atoms with Gasteiger partial charge in [0.15, 0.2) is 0 Å². The molecule has 0 radical (unpaired) electrons. The van der Waals surface area contributed by atoms with Crippen LogP contribution in [0.25, 0.3) is 0 Å². The maximum Gasteiger partial charge on any atom is 0.270 e. The zero-order chi connectivity index (χ0) is 20.1. The van der Waals surface area contributed by atoms with Gasteiger partial charge in [-0.3, -0.25) is 9.78 Å². The van der Waals surface area contributed by atoms with E-state index in [2.05, 4.69) is 50.4 Å². The van der Waals surface area contributed by atoms with Gasteiger partial charge in [-0.05, 0) is 36.8 Å². The lowest BCUT2D eigenvalue weighted by Crippen LogP contribution is -2.46. The topological polar surface area (TPSA) is 48.5 Å². The minimum Gasteiger partial charge on any atom is -0.368 e. The van der Waals surface area contributed by atoms with Crippen LogP contribution in [0.3, 0.4) is 0 Å². The van der Waals surface area contributed by atoms with Crippen LogP contribution in [0.5, 0.6) is 0 Å². The van der Waals surface area contributed by atoms with Gasteiger partial charge in [-0.1, -0.05) is 48.0 Å². The van der Waals surface area contributed by atoms with E-state index >= 15 is 0 Å². The molecule has 3 aromatic rings. The summed E-state index contributed by atoms with van der Waals surface area (Å²) in [7, 11) is 0. The van der Waals surface area contributed by atoms with Gasteiger partial charge in [0.25, 0.3) is 5.91 Å². The number of rotatable bonds is 5. The first-order valence-corrected chi connectivity index (χ1v) is 10.0. The summed E-state index contributed by atoms with van der Waals surface area (Å²) in [5.74, 6) is -0.142. The molecule has 0 aliphatic carbocycles. The number of pyridine rings is 1. The fourth-order valence-electron chi connectivity index (χ4n) is 3.70. The molecule has 29 heavy (non-hydrogen) atoms. The van der Waals surface area contributed by atoms with Crippen LogP contribution in [0.15, 0.2) is 72.9 Å². The fraction of sp³-hybridized carbons (Fsp3) is 0.250. The molecule has 2 heterocycles. The summed E-state index contributed by atoms with van der Waals surface area (Å²) in [6.07, 6.45) is 1.72. The number of carbonyl (C=O) groups is 1. The van der Waals surface area contributed by atoms with Crippen LogP contribution in [0, 0.1) is 6.92 Å². The van der Waals surface area contributed by atoms with Crippen molar-refractivity contribution in [3.63, 3.8) is 0 Å². The second-order valence-electron chi connectivity index (χ2n) is 7.38. The predicted molar refractivity (Wildman–Crippen MR) is 117 cm³/mol. The van der Waals surface area contributed by atoms with Crippen LogP contribution >= 0.6 is 0 Å². The van der Waals surface area contributed by atoms with Gasteiger partial charge in [-0.15, -0.1) is 0 Å². The van der Waals surface area contributed by atoms with E-state index < -0.39 is 0 Å². The average Bonchev–Trinajstić information content (AvgIpc) is 2.78. The maximum atomic E-state index is 12.6. The highest BCUT2D eigenvalue weighted by Gasteiger charge is 2.18. The second-order valence-corrected chi connectivity index (χ2v) is 7.38. The van der Waals surface area contributed by atoms with Gasteiger partial charge in [0.05, 0.1) is 0 Å². The largest absolute Gasteiger partial charge is 0.368 e. The minimum atomic E-state index is -0.142. The minimum absolute atomic E-state index is 0.142. The van der Waals surface area contributed by atoms with E-state index in [-0.39, 0.29) is 5.91 Å². The van der Waals surface area contributed by atoms with E-state index in [1.807, 2.05) is 43.3 Å². The van der Waals surface area contributed by atoms with Crippen LogP contribution in [-0.4, -0.2) is 37.1 Å². The lowest BCUT2D eigenvalue weighted by molar-refractivity contribution is 0.0946. The van der Waals surface area contributed by atoms with Crippen molar-refractivity contribution >= 4 is 17.3 Å². The Hall–Kier alpha value is -3.34. The first kappa shape index (κ1) is 19.0. The molecule has 0 bridgehead atoms. The Kier molecular flexibility index (Phi) is 5.75. The molecule has 5 heteroatoms. The number of para-hydroxylation sites is 1. The molecule has 1 aromatic heterocycles.